The summed E-state index contributed by atoms with van der Waals surface area (Å²) >= 11 is 0. The Kier molecular flexibility index (Phi) is 8.63. The van der Waals surface area contributed by atoms with Gasteiger partial charge in [-0.2, -0.15) is 0 Å². The molecular formula is C23H32N4O4. The highest BCUT2D eigenvalue weighted by Gasteiger charge is 2.13. The highest BCUT2D eigenvalue weighted by atomic mass is 16.5. The third-order valence-corrected chi connectivity index (χ3v) is 4.97. The predicted molar refractivity (Wildman–Crippen MR) is 121 cm³/mol. The molecule has 1 aliphatic heterocycles. The van der Waals surface area contributed by atoms with Gasteiger partial charge in [0.2, 0.25) is 5.91 Å². The van der Waals surface area contributed by atoms with Crippen molar-refractivity contribution >= 4 is 17.6 Å². The van der Waals surface area contributed by atoms with Crippen LogP contribution in [-0.4, -0.2) is 56.2 Å². The highest BCUT2D eigenvalue weighted by Crippen LogP contribution is 2.32. The molecular weight excluding hydrogens is 396 g/mol. The number of carbonyl (C=O) groups excluding carboxylic acids is 1. The third-order valence-electron chi connectivity index (χ3n) is 4.97. The van der Waals surface area contributed by atoms with Crippen LogP contribution in [0.1, 0.15) is 32.4 Å². The molecule has 0 aliphatic carbocycles. The van der Waals surface area contributed by atoms with Gasteiger partial charge >= 0.3 is 0 Å². The van der Waals surface area contributed by atoms with Crippen LogP contribution in [0, 0.1) is 0 Å². The SMILES string of the molecule is CCN(CC)C(=O)CCNC(=NCCc1ccco1)Nc1ccc2c(c1)OCCCO2. The first-order valence-corrected chi connectivity index (χ1v) is 10.9. The van der Waals surface area contributed by atoms with Crippen molar-refractivity contribution < 1.29 is 18.7 Å². The van der Waals surface area contributed by atoms with E-state index >= 15 is 0 Å². The monoisotopic (exact) mass is 428 g/mol. The Hall–Kier alpha value is -3.16. The number of benzene rings is 1. The fraction of sp³-hybridized carbons (Fsp3) is 0.478. The quantitative estimate of drug-likeness (QED) is 0.471. The van der Waals surface area contributed by atoms with E-state index in [0.29, 0.717) is 50.9 Å². The molecule has 31 heavy (non-hydrogen) atoms. The zero-order valence-electron chi connectivity index (χ0n) is 18.4. The number of hydrogen-bond acceptors (Lipinski definition) is 5. The van der Waals surface area contributed by atoms with Crippen LogP contribution in [-0.2, 0) is 11.2 Å². The maximum atomic E-state index is 12.3. The predicted octanol–water partition coefficient (Wildman–Crippen LogP) is 3.30. The van der Waals surface area contributed by atoms with Crippen LogP contribution >= 0.6 is 0 Å². The topological polar surface area (TPSA) is 88.3 Å². The molecule has 0 saturated carbocycles. The Bertz CT molecular complexity index is 847. The second-order valence-corrected chi connectivity index (χ2v) is 7.14. The molecule has 3 rings (SSSR count). The van der Waals surface area contributed by atoms with Gasteiger partial charge in [0.05, 0.1) is 19.5 Å². The van der Waals surface area contributed by atoms with E-state index in [2.05, 4.69) is 15.6 Å². The summed E-state index contributed by atoms with van der Waals surface area (Å²) in [6.45, 7) is 7.74. The molecule has 2 heterocycles. The maximum absolute atomic E-state index is 12.3. The molecule has 2 aromatic rings. The van der Waals surface area contributed by atoms with Crippen molar-refractivity contribution in [2.45, 2.75) is 33.1 Å². The van der Waals surface area contributed by atoms with Gasteiger partial charge in [0.25, 0.3) is 0 Å². The molecule has 0 saturated heterocycles. The molecule has 1 aromatic carbocycles. The summed E-state index contributed by atoms with van der Waals surface area (Å²) in [7, 11) is 0. The van der Waals surface area contributed by atoms with E-state index < -0.39 is 0 Å². The molecule has 0 bridgehead atoms. The average Bonchev–Trinajstić information content (AvgIpc) is 3.18. The summed E-state index contributed by atoms with van der Waals surface area (Å²) in [5.74, 6) is 3.08. The van der Waals surface area contributed by atoms with Crippen LogP contribution in [0.15, 0.2) is 46.0 Å². The van der Waals surface area contributed by atoms with Crippen LogP contribution in [0.3, 0.4) is 0 Å². The minimum Gasteiger partial charge on any atom is -0.490 e. The number of anilines is 1. The van der Waals surface area contributed by atoms with Gasteiger partial charge in [-0.3, -0.25) is 9.79 Å². The maximum Gasteiger partial charge on any atom is 0.224 e. The van der Waals surface area contributed by atoms with Gasteiger partial charge < -0.3 is 29.4 Å². The molecule has 1 amide bonds. The molecule has 0 radical (unpaired) electrons. The van der Waals surface area contributed by atoms with Gasteiger partial charge in [0, 0.05) is 57.2 Å². The Morgan fingerprint density at radius 1 is 1.13 bits per heavy atom. The highest BCUT2D eigenvalue weighted by molar-refractivity contribution is 5.94. The lowest BCUT2D eigenvalue weighted by molar-refractivity contribution is -0.130. The van der Waals surface area contributed by atoms with Gasteiger partial charge in [-0.15, -0.1) is 0 Å². The number of carbonyl (C=O) groups is 1. The van der Waals surface area contributed by atoms with Crippen molar-refractivity contribution in [3.05, 3.63) is 42.4 Å². The zero-order valence-corrected chi connectivity index (χ0v) is 18.4. The van der Waals surface area contributed by atoms with Crippen molar-refractivity contribution in [1.29, 1.82) is 0 Å². The van der Waals surface area contributed by atoms with Crippen LogP contribution in [0.4, 0.5) is 5.69 Å². The number of hydrogen-bond donors (Lipinski definition) is 2. The number of rotatable bonds is 9. The molecule has 0 fully saturated rings. The first kappa shape index (κ1) is 22.5. The van der Waals surface area contributed by atoms with E-state index in [1.165, 1.54) is 0 Å². The average molecular weight is 429 g/mol. The summed E-state index contributed by atoms with van der Waals surface area (Å²) in [5.41, 5.74) is 0.837. The van der Waals surface area contributed by atoms with Crippen molar-refractivity contribution in [1.82, 2.24) is 10.2 Å². The Morgan fingerprint density at radius 2 is 1.94 bits per heavy atom. The smallest absolute Gasteiger partial charge is 0.224 e. The van der Waals surface area contributed by atoms with Gasteiger partial charge in [-0.1, -0.05) is 0 Å². The number of fused-ring (bicyclic) bond motifs is 1. The van der Waals surface area contributed by atoms with Crippen LogP contribution in [0.2, 0.25) is 0 Å². The number of amides is 1. The van der Waals surface area contributed by atoms with Gasteiger partial charge in [-0.25, -0.2) is 0 Å². The third kappa shape index (κ3) is 6.94. The van der Waals surface area contributed by atoms with E-state index in [9.17, 15) is 4.79 Å². The van der Waals surface area contributed by atoms with Gasteiger partial charge in [0.1, 0.15) is 5.76 Å². The minimum absolute atomic E-state index is 0.128. The summed E-state index contributed by atoms with van der Waals surface area (Å²) < 4.78 is 16.9. The zero-order chi connectivity index (χ0) is 21.9. The Labute approximate surface area is 183 Å². The van der Waals surface area contributed by atoms with Gasteiger partial charge in [0.15, 0.2) is 17.5 Å². The molecule has 1 aliphatic rings. The number of furan rings is 1. The van der Waals surface area contributed by atoms with E-state index in [4.69, 9.17) is 13.9 Å². The second kappa shape index (κ2) is 11.9. The number of nitrogens with zero attached hydrogens (tertiary/aromatic N) is 2. The van der Waals surface area contributed by atoms with E-state index in [0.717, 1.165) is 36.7 Å². The van der Waals surface area contributed by atoms with E-state index in [1.807, 2.05) is 49.1 Å². The van der Waals surface area contributed by atoms with Crippen molar-refractivity contribution in [3.63, 3.8) is 0 Å². The molecule has 8 heteroatoms. The standard InChI is InChI=1S/C23H32N4O4/c1-3-27(4-2)22(28)11-13-25-23(24-12-10-19-7-5-14-29-19)26-18-8-9-20-21(17-18)31-16-6-15-30-20/h5,7-9,14,17H,3-4,6,10-13,15-16H2,1-2H3,(H2,24,25,26). The first-order chi connectivity index (χ1) is 15.2. The normalized spacial score (nSPS) is 13.4. The molecule has 168 valence electrons. The minimum atomic E-state index is 0.128. The van der Waals surface area contributed by atoms with Gasteiger partial charge in [-0.05, 0) is 38.1 Å². The number of nitrogens with one attached hydrogen (secondary N) is 2. The van der Waals surface area contributed by atoms with Crippen molar-refractivity contribution in [3.8, 4) is 11.5 Å². The fourth-order valence-corrected chi connectivity index (χ4v) is 3.27. The van der Waals surface area contributed by atoms with Crippen LogP contribution < -0.4 is 20.1 Å². The van der Waals surface area contributed by atoms with E-state index in [1.54, 1.807) is 6.26 Å². The molecule has 0 unspecified atom stereocenters. The summed E-state index contributed by atoms with van der Waals surface area (Å²) in [5, 5.41) is 6.57. The second-order valence-electron chi connectivity index (χ2n) is 7.14. The van der Waals surface area contributed by atoms with Crippen molar-refractivity contribution in [2.24, 2.45) is 4.99 Å². The van der Waals surface area contributed by atoms with Crippen molar-refractivity contribution in [2.75, 3.05) is 44.7 Å². The summed E-state index contributed by atoms with van der Waals surface area (Å²) in [6.07, 6.45) is 3.62. The summed E-state index contributed by atoms with van der Waals surface area (Å²) in [6, 6.07) is 9.53. The number of ether oxygens (including phenoxy) is 2. The number of guanidine groups is 1. The molecule has 0 atom stereocenters. The molecule has 0 spiro atoms. The molecule has 8 nitrogen and oxygen atoms in total. The van der Waals surface area contributed by atoms with Crippen LogP contribution in [0.25, 0.3) is 0 Å². The fourth-order valence-electron chi connectivity index (χ4n) is 3.27. The van der Waals surface area contributed by atoms with E-state index in [-0.39, 0.29) is 5.91 Å². The first-order valence-electron chi connectivity index (χ1n) is 10.9. The molecule has 1 aromatic heterocycles. The Morgan fingerprint density at radius 3 is 2.68 bits per heavy atom. The summed E-state index contributed by atoms with van der Waals surface area (Å²) in [4.78, 5) is 18.8. The lowest BCUT2D eigenvalue weighted by Crippen LogP contribution is -2.36. The molecule has 2 N–H and O–H groups in total. The Balaban J connectivity index is 1.63. The van der Waals surface area contributed by atoms with Crippen LogP contribution in [0.5, 0.6) is 11.5 Å². The largest absolute Gasteiger partial charge is 0.490 e. The lowest BCUT2D eigenvalue weighted by atomic mass is 10.2. The number of aliphatic imine (C=N–C) groups is 1. The lowest BCUT2D eigenvalue weighted by Gasteiger charge is -2.19.